The summed E-state index contributed by atoms with van der Waals surface area (Å²) in [5, 5.41) is 1.52. The normalized spacial score (nSPS) is 19.6. The molecule has 42 heavy (non-hydrogen) atoms. The second kappa shape index (κ2) is 11.9. The zero-order valence-corrected chi connectivity index (χ0v) is 22.8. The lowest BCUT2D eigenvalue weighted by Gasteiger charge is -2.43. The van der Waals surface area contributed by atoms with Crippen molar-refractivity contribution in [3.8, 4) is 5.75 Å². The van der Waals surface area contributed by atoms with Gasteiger partial charge in [-0.3, -0.25) is 5.01 Å². The largest absolute Gasteiger partial charge is 0.451 e. The van der Waals surface area contributed by atoms with Gasteiger partial charge in [0.1, 0.15) is 17.6 Å². The number of oxazole rings is 1. The number of sulfonamides is 1. The summed E-state index contributed by atoms with van der Waals surface area (Å²) in [4.78, 5) is 4.05. The summed E-state index contributed by atoms with van der Waals surface area (Å²) in [6.07, 6.45) is -0.633. The highest BCUT2D eigenvalue weighted by atomic mass is 32.2. The van der Waals surface area contributed by atoms with Crippen LogP contribution in [0.2, 0.25) is 0 Å². The molecule has 1 saturated heterocycles. The van der Waals surface area contributed by atoms with Gasteiger partial charge in [-0.2, -0.15) is 31.1 Å². The molecule has 1 aromatic heterocycles. The van der Waals surface area contributed by atoms with E-state index in [0.29, 0.717) is 16.8 Å². The monoisotopic (exact) mass is 620 g/mol. The number of halogens is 6. The Morgan fingerprint density at radius 1 is 1.24 bits per heavy atom. The van der Waals surface area contributed by atoms with Crippen molar-refractivity contribution in [2.24, 2.45) is 0 Å². The van der Waals surface area contributed by atoms with Crippen LogP contribution in [0, 0.1) is 0 Å². The molecule has 16 heteroatoms. The Kier molecular flexibility index (Phi) is 8.92. The van der Waals surface area contributed by atoms with Crippen LogP contribution in [0.1, 0.15) is 18.2 Å². The van der Waals surface area contributed by atoms with E-state index in [2.05, 4.69) is 21.7 Å². The number of alkyl halides is 6. The molecule has 228 valence electrons. The molecular weight excluding hydrogens is 594 g/mol. The number of nitrogens with one attached hydrogen (secondary N) is 2. The molecule has 0 aliphatic carbocycles. The topological polar surface area (TPSA) is 106 Å². The molecule has 2 aromatic rings. The molecule has 1 unspecified atom stereocenters. The Morgan fingerprint density at radius 3 is 2.45 bits per heavy atom. The SMILES string of the molecule is C=C(C=C(C=CC)C1(NS(=O)(=O)CC(F)(F)F)COC1)C1C=C(Oc2ccc(C(F)(F)F)cc2)N(Cc2cocn2)N1. The molecule has 0 bridgehead atoms. The van der Waals surface area contributed by atoms with Crippen LogP contribution < -0.4 is 14.9 Å². The summed E-state index contributed by atoms with van der Waals surface area (Å²) in [5.41, 5.74) is 1.97. The Labute approximate surface area is 237 Å². The van der Waals surface area contributed by atoms with Crippen LogP contribution >= 0.6 is 0 Å². The fourth-order valence-corrected chi connectivity index (χ4v) is 5.50. The zero-order chi connectivity index (χ0) is 30.8. The van der Waals surface area contributed by atoms with Crippen LogP contribution in [0.3, 0.4) is 0 Å². The van der Waals surface area contributed by atoms with Gasteiger partial charge < -0.3 is 13.9 Å². The average molecular weight is 621 g/mol. The van der Waals surface area contributed by atoms with E-state index in [-0.39, 0.29) is 31.4 Å². The van der Waals surface area contributed by atoms with Crippen molar-refractivity contribution in [1.29, 1.82) is 0 Å². The van der Waals surface area contributed by atoms with Crippen LogP contribution in [0.5, 0.6) is 5.75 Å². The third-order valence-corrected chi connectivity index (χ3v) is 7.53. The van der Waals surface area contributed by atoms with E-state index in [0.717, 1.165) is 24.3 Å². The minimum atomic E-state index is -4.94. The van der Waals surface area contributed by atoms with Crippen molar-refractivity contribution in [3.05, 3.63) is 96.1 Å². The lowest BCUT2D eigenvalue weighted by Crippen LogP contribution is -2.63. The Bertz CT molecular complexity index is 1460. The Hall–Kier alpha value is -3.60. The molecule has 0 spiro atoms. The van der Waals surface area contributed by atoms with Gasteiger partial charge in [0, 0.05) is 6.08 Å². The van der Waals surface area contributed by atoms with Crippen molar-refractivity contribution in [3.63, 3.8) is 0 Å². The number of hydrogen-bond donors (Lipinski definition) is 2. The van der Waals surface area contributed by atoms with Crippen molar-refractivity contribution in [2.45, 2.75) is 37.4 Å². The van der Waals surface area contributed by atoms with E-state index in [1.807, 2.05) is 0 Å². The Morgan fingerprint density at radius 2 is 1.93 bits per heavy atom. The lowest BCUT2D eigenvalue weighted by molar-refractivity contribution is -0.137. The summed E-state index contributed by atoms with van der Waals surface area (Å²) < 4.78 is 120. The summed E-state index contributed by atoms with van der Waals surface area (Å²) in [7, 11) is -4.77. The van der Waals surface area contributed by atoms with Crippen LogP contribution in [0.15, 0.2) is 89.3 Å². The van der Waals surface area contributed by atoms with Gasteiger partial charge >= 0.3 is 12.4 Å². The number of allylic oxidation sites excluding steroid dienone is 1. The third kappa shape index (κ3) is 7.81. The van der Waals surface area contributed by atoms with E-state index < -0.39 is 45.3 Å². The molecule has 3 heterocycles. The summed E-state index contributed by atoms with van der Waals surface area (Å²) >= 11 is 0. The molecule has 2 aliphatic rings. The summed E-state index contributed by atoms with van der Waals surface area (Å²) in [6.45, 7) is 5.40. The second-order valence-corrected chi connectivity index (χ2v) is 11.2. The van der Waals surface area contributed by atoms with Gasteiger partial charge in [0.15, 0.2) is 12.1 Å². The average Bonchev–Trinajstić information content (AvgIpc) is 3.50. The number of benzene rings is 1. The molecule has 1 atom stereocenters. The van der Waals surface area contributed by atoms with Crippen molar-refractivity contribution >= 4 is 10.0 Å². The van der Waals surface area contributed by atoms with E-state index in [1.165, 1.54) is 29.8 Å². The molecule has 1 aromatic carbocycles. The number of rotatable bonds is 11. The molecule has 0 radical (unpaired) electrons. The van der Waals surface area contributed by atoms with E-state index in [9.17, 15) is 34.8 Å². The van der Waals surface area contributed by atoms with E-state index in [4.69, 9.17) is 13.9 Å². The standard InChI is InChI=1S/C26H26F6N4O5S/c1-3-4-19(24(13-40-14-24)35-42(37,38)15-25(27,28)29)9-17(2)22-10-23(36(34-22)11-20-12-39-16-33-20)41-21-7-5-18(6-8-21)26(30,31)32/h3-10,12,16,22,34-35H,2,11,13-15H2,1H3. The van der Waals surface area contributed by atoms with Crippen LogP contribution in [-0.2, 0) is 27.5 Å². The smallest absolute Gasteiger partial charge is 0.416 e. The number of aromatic nitrogens is 1. The van der Waals surface area contributed by atoms with Gasteiger partial charge in [0.05, 0.1) is 37.1 Å². The lowest BCUT2D eigenvalue weighted by atomic mass is 9.86. The molecule has 0 saturated carbocycles. The summed E-state index contributed by atoms with van der Waals surface area (Å²) in [5.74, 6) is -1.75. The molecule has 9 nitrogen and oxygen atoms in total. The molecule has 2 N–H and O–H groups in total. The van der Waals surface area contributed by atoms with Crippen molar-refractivity contribution < 1.29 is 48.7 Å². The maximum Gasteiger partial charge on any atom is 0.416 e. The zero-order valence-electron chi connectivity index (χ0n) is 22.0. The van der Waals surface area contributed by atoms with Crippen LogP contribution in [0.4, 0.5) is 26.3 Å². The molecule has 2 aliphatic heterocycles. The molecule has 1 fully saturated rings. The first-order chi connectivity index (χ1) is 19.6. The van der Waals surface area contributed by atoms with E-state index in [1.54, 1.807) is 19.1 Å². The van der Waals surface area contributed by atoms with Crippen molar-refractivity contribution in [1.82, 2.24) is 20.1 Å². The minimum Gasteiger partial charge on any atom is -0.451 e. The first-order valence-corrected chi connectivity index (χ1v) is 13.9. The highest BCUT2D eigenvalue weighted by Gasteiger charge is 2.47. The Balaban J connectivity index is 1.59. The summed E-state index contributed by atoms with van der Waals surface area (Å²) in [6, 6.07) is 3.41. The van der Waals surface area contributed by atoms with Crippen LogP contribution in [0.25, 0.3) is 0 Å². The number of ether oxygens (including phenoxy) is 2. The van der Waals surface area contributed by atoms with Gasteiger partial charge in [-0.05, 0) is 42.3 Å². The number of hydrogen-bond acceptors (Lipinski definition) is 8. The highest BCUT2D eigenvalue weighted by Crippen LogP contribution is 2.33. The predicted molar refractivity (Wildman–Crippen MR) is 138 cm³/mol. The second-order valence-electron chi connectivity index (χ2n) is 9.53. The minimum absolute atomic E-state index is 0.113. The van der Waals surface area contributed by atoms with E-state index >= 15 is 0 Å². The molecule has 4 rings (SSSR count). The predicted octanol–water partition coefficient (Wildman–Crippen LogP) is 4.61. The third-order valence-electron chi connectivity index (χ3n) is 6.12. The van der Waals surface area contributed by atoms with Gasteiger partial charge in [-0.1, -0.05) is 24.8 Å². The maximum atomic E-state index is 13.0. The van der Waals surface area contributed by atoms with Gasteiger partial charge in [0.2, 0.25) is 15.9 Å². The number of hydrazine groups is 1. The number of nitrogens with zero attached hydrogens (tertiary/aromatic N) is 2. The quantitative estimate of drug-likeness (QED) is 0.277. The van der Waals surface area contributed by atoms with Gasteiger partial charge in [-0.15, -0.1) is 0 Å². The fourth-order valence-electron chi connectivity index (χ4n) is 4.17. The first-order valence-electron chi connectivity index (χ1n) is 12.3. The molecular formula is C26H26F6N4O5S. The maximum absolute atomic E-state index is 13.0. The first kappa shape index (κ1) is 31.3. The molecule has 0 amide bonds. The van der Waals surface area contributed by atoms with Crippen molar-refractivity contribution in [2.75, 3.05) is 19.0 Å². The van der Waals surface area contributed by atoms with Gasteiger partial charge in [-0.25, -0.2) is 18.8 Å². The van der Waals surface area contributed by atoms with Gasteiger partial charge in [0.25, 0.3) is 0 Å². The fraction of sp³-hybridized carbons (Fsp3) is 0.346. The van der Waals surface area contributed by atoms with Crippen LogP contribution in [-0.4, -0.2) is 55.1 Å². The highest BCUT2D eigenvalue weighted by molar-refractivity contribution is 7.89.